The molecule has 5 aromatic rings. The summed E-state index contributed by atoms with van der Waals surface area (Å²) < 4.78 is 33.8. The largest absolute Gasteiger partial charge is 0.351 e. The van der Waals surface area contributed by atoms with Gasteiger partial charge in [0.25, 0.3) is 5.56 Å². The topological polar surface area (TPSA) is 174 Å². The number of carbonyl (C=O) groups excluding carboxylic acids is 2. The SMILES string of the molecule is CC(Cc1cccc(S(=O)(=O)N2CCC(Nc3ncc4ccc(=O)n(C)c4n3)CC2)c1)CN1CCC(c2cccc3c2n(C)c(=O)n3C2CCC(=O)NC2=O)CC1. The quantitative estimate of drug-likeness (QED) is 0.200. The van der Waals surface area contributed by atoms with Gasteiger partial charge in [-0.2, -0.15) is 9.29 Å². The number of sulfonamides is 1. The molecule has 2 N–H and O–H groups in total. The van der Waals surface area contributed by atoms with Gasteiger partial charge in [0.2, 0.25) is 27.8 Å². The molecule has 16 heteroatoms. The van der Waals surface area contributed by atoms with Crippen molar-refractivity contribution in [3.8, 4) is 0 Å². The second-order valence-corrected chi connectivity index (χ2v) is 17.9. The Bertz CT molecular complexity index is 2580. The molecule has 3 saturated heterocycles. The second-order valence-electron chi connectivity index (χ2n) is 16.0. The van der Waals surface area contributed by atoms with E-state index in [0.29, 0.717) is 54.8 Å². The molecule has 2 atom stereocenters. The Morgan fingerprint density at radius 1 is 0.895 bits per heavy atom. The molecule has 0 bridgehead atoms. The summed E-state index contributed by atoms with van der Waals surface area (Å²) in [5.74, 6) is 0.234. The Labute approximate surface area is 330 Å². The number of amides is 2. The molecule has 8 rings (SSSR count). The van der Waals surface area contributed by atoms with E-state index in [0.717, 1.165) is 66.4 Å². The molecule has 57 heavy (non-hydrogen) atoms. The number of aryl methyl sites for hydroxylation is 2. The molecule has 0 spiro atoms. The molecule has 15 nitrogen and oxygen atoms in total. The monoisotopic (exact) mass is 795 g/mol. The highest BCUT2D eigenvalue weighted by atomic mass is 32.2. The normalized spacial score (nSPS) is 19.9. The van der Waals surface area contributed by atoms with E-state index in [-0.39, 0.29) is 35.5 Å². The van der Waals surface area contributed by atoms with Crippen LogP contribution in [0, 0.1) is 5.92 Å². The van der Waals surface area contributed by atoms with Crippen molar-refractivity contribution in [3.05, 3.63) is 92.8 Å². The lowest BCUT2D eigenvalue weighted by molar-refractivity contribution is -0.135. The maximum Gasteiger partial charge on any atom is 0.329 e. The smallest absolute Gasteiger partial charge is 0.329 e. The third kappa shape index (κ3) is 7.65. The Kier molecular flexibility index (Phi) is 10.6. The van der Waals surface area contributed by atoms with E-state index >= 15 is 0 Å². The van der Waals surface area contributed by atoms with E-state index in [1.165, 1.54) is 10.6 Å². The highest BCUT2D eigenvalue weighted by Gasteiger charge is 2.33. The summed E-state index contributed by atoms with van der Waals surface area (Å²) >= 11 is 0. The lowest BCUT2D eigenvalue weighted by Crippen LogP contribution is -2.44. The van der Waals surface area contributed by atoms with Gasteiger partial charge >= 0.3 is 5.69 Å². The first-order valence-electron chi connectivity index (χ1n) is 19.8. The Morgan fingerprint density at radius 3 is 2.40 bits per heavy atom. The molecule has 3 aliphatic rings. The van der Waals surface area contributed by atoms with Gasteiger partial charge in [0.1, 0.15) is 11.7 Å². The number of piperidine rings is 3. The van der Waals surface area contributed by atoms with E-state index < -0.39 is 22.0 Å². The molecule has 2 aromatic carbocycles. The number of anilines is 1. The summed E-state index contributed by atoms with van der Waals surface area (Å²) in [4.78, 5) is 61.7. The van der Waals surface area contributed by atoms with Crippen LogP contribution in [0.2, 0.25) is 0 Å². The molecule has 0 saturated carbocycles. The first kappa shape index (κ1) is 38.7. The van der Waals surface area contributed by atoms with Crippen molar-refractivity contribution < 1.29 is 18.0 Å². The maximum atomic E-state index is 13.8. The number of benzene rings is 2. The predicted molar refractivity (Wildman–Crippen MR) is 217 cm³/mol. The van der Waals surface area contributed by atoms with E-state index in [9.17, 15) is 27.6 Å². The average Bonchev–Trinajstić information content (AvgIpc) is 3.45. The fraction of sp³-hybridized carbons (Fsp3) is 0.463. The van der Waals surface area contributed by atoms with Gasteiger partial charge in [0.05, 0.1) is 15.9 Å². The summed E-state index contributed by atoms with van der Waals surface area (Å²) in [6.07, 6.45) is 6.01. The van der Waals surface area contributed by atoms with Crippen LogP contribution >= 0.6 is 0 Å². The van der Waals surface area contributed by atoms with Crippen LogP contribution in [-0.4, -0.2) is 91.9 Å². The molecule has 6 heterocycles. The van der Waals surface area contributed by atoms with Crippen molar-refractivity contribution in [1.82, 2.24) is 38.2 Å². The van der Waals surface area contributed by atoms with Gasteiger partial charge in [-0.05, 0) is 98.8 Å². The zero-order valence-electron chi connectivity index (χ0n) is 32.6. The molecule has 3 aliphatic heterocycles. The number of hydrogen-bond donors (Lipinski definition) is 2. The van der Waals surface area contributed by atoms with Gasteiger partial charge in [-0.3, -0.25) is 33.4 Å². The second kappa shape index (κ2) is 15.6. The van der Waals surface area contributed by atoms with Crippen LogP contribution in [0.15, 0.2) is 75.3 Å². The van der Waals surface area contributed by atoms with Crippen molar-refractivity contribution in [2.45, 2.75) is 74.8 Å². The number of pyridine rings is 1. The Morgan fingerprint density at radius 2 is 1.65 bits per heavy atom. The Balaban J connectivity index is 0.855. The summed E-state index contributed by atoms with van der Waals surface area (Å²) in [7, 11) is -0.247. The highest BCUT2D eigenvalue weighted by Crippen LogP contribution is 2.35. The average molecular weight is 796 g/mol. The van der Waals surface area contributed by atoms with Gasteiger partial charge in [0.15, 0.2) is 0 Å². The van der Waals surface area contributed by atoms with Crippen molar-refractivity contribution in [2.24, 2.45) is 20.0 Å². The molecular weight excluding hydrogens is 747 g/mol. The summed E-state index contributed by atoms with van der Waals surface area (Å²) in [5.41, 5.74) is 3.81. The van der Waals surface area contributed by atoms with Gasteiger partial charge in [-0.25, -0.2) is 18.2 Å². The van der Waals surface area contributed by atoms with E-state index in [1.54, 1.807) is 45.9 Å². The number of aromatic nitrogens is 5. The first-order valence-corrected chi connectivity index (χ1v) is 21.3. The van der Waals surface area contributed by atoms with Gasteiger partial charge in [0, 0.05) is 63.8 Å². The number of hydrogen-bond acceptors (Lipinski definition) is 10. The van der Waals surface area contributed by atoms with Crippen LogP contribution in [0.4, 0.5) is 5.95 Å². The van der Waals surface area contributed by atoms with E-state index in [1.807, 2.05) is 30.3 Å². The number of para-hydroxylation sites is 1. The fourth-order valence-corrected chi connectivity index (χ4v) is 10.5. The standard InChI is InChI=1S/C41H49N9O6S/c1-26(25-48-18-14-28(15-19-48)32-8-5-9-33-37(32)47(3)41(54)50(33)34-11-12-35(51)44-39(34)53)22-27-6-4-7-31(23-27)57(55,56)49-20-16-30(17-21-49)43-40-42-24-29-10-13-36(52)46(2)38(29)45-40/h4-10,13,23-24,26,28,30,34H,11-12,14-22,25H2,1-3H3,(H,42,43,45)(H,44,51,53). The minimum atomic E-state index is -3.68. The van der Waals surface area contributed by atoms with Crippen molar-refractivity contribution >= 4 is 49.9 Å². The number of nitrogens with zero attached hydrogens (tertiary/aromatic N) is 7. The fourth-order valence-electron chi connectivity index (χ4n) is 8.98. The Hall–Kier alpha value is -5.19. The molecule has 3 aromatic heterocycles. The maximum absolute atomic E-state index is 13.8. The van der Waals surface area contributed by atoms with Crippen molar-refractivity contribution in [3.63, 3.8) is 0 Å². The third-order valence-electron chi connectivity index (χ3n) is 12.0. The lowest BCUT2D eigenvalue weighted by atomic mass is 9.88. The minimum absolute atomic E-state index is 0.00119. The number of imidazole rings is 1. The zero-order chi connectivity index (χ0) is 40.0. The predicted octanol–water partition coefficient (Wildman–Crippen LogP) is 3.28. The van der Waals surface area contributed by atoms with Gasteiger partial charge in [-0.1, -0.05) is 31.2 Å². The van der Waals surface area contributed by atoms with Crippen LogP contribution in [-0.2, 0) is 40.1 Å². The molecule has 300 valence electrons. The minimum Gasteiger partial charge on any atom is -0.351 e. The molecule has 0 aliphatic carbocycles. The van der Waals surface area contributed by atoms with Crippen LogP contribution in [0.3, 0.4) is 0 Å². The van der Waals surface area contributed by atoms with Gasteiger partial charge < -0.3 is 10.2 Å². The number of nitrogens with one attached hydrogen (secondary N) is 2. The number of fused-ring (bicyclic) bond motifs is 2. The van der Waals surface area contributed by atoms with Crippen LogP contribution in [0.1, 0.15) is 68.5 Å². The van der Waals surface area contributed by atoms with E-state index in [2.05, 4.69) is 38.5 Å². The third-order valence-corrected chi connectivity index (χ3v) is 13.9. The van der Waals surface area contributed by atoms with Crippen LogP contribution < -0.4 is 21.9 Å². The summed E-state index contributed by atoms with van der Waals surface area (Å²) in [6, 6.07) is 15.8. The zero-order valence-corrected chi connectivity index (χ0v) is 33.4. The number of rotatable bonds is 10. The molecular formula is C41H49N9O6S. The molecule has 2 amide bonds. The molecule has 3 fully saturated rings. The van der Waals surface area contributed by atoms with Gasteiger partial charge in [-0.15, -0.1) is 0 Å². The van der Waals surface area contributed by atoms with Crippen LogP contribution in [0.25, 0.3) is 22.1 Å². The highest BCUT2D eigenvalue weighted by molar-refractivity contribution is 7.89. The molecule has 0 radical (unpaired) electrons. The molecule has 2 unspecified atom stereocenters. The first-order chi connectivity index (χ1) is 27.4. The lowest BCUT2D eigenvalue weighted by Gasteiger charge is -2.34. The summed E-state index contributed by atoms with van der Waals surface area (Å²) in [6.45, 7) is 5.64. The van der Waals surface area contributed by atoms with E-state index in [4.69, 9.17) is 0 Å². The van der Waals surface area contributed by atoms with Crippen LogP contribution in [0.5, 0.6) is 0 Å². The number of imide groups is 1. The number of carbonyl (C=O) groups is 2. The number of likely N-dealkylation sites (tertiary alicyclic amines) is 1. The van der Waals surface area contributed by atoms with Crippen molar-refractivity contribution in [2.75, 3.05) is 38.0 Å². The summed E-state index contributed by atoms with van der Waals surface area (Å²) in [5, 5.41) is 6.49. The van der Waals surface area contributed by atoms with Crippen molar-refractivity contribution in [1.29, 1.82) is 0 Å².